The van der Waals surface area contributed by atoms with Gasteiger partial charge in [-0.25, -0.2) is 0 Å². The van der Waals surface area contributed by atoms with Crippen LogP contribution in [-0.4, -0.2) is 11.6 Å². The summed E-state index contributed by atoms with van der Waals surface area (Å²) in [5.74, 6) is -0.0226. The first-order valence-corrected chi connectivity index (χ1v) is 6.33. The average Bonchev–Trinajstić information content (AvgIpc) is 2.33. The van der Waals surface area contributed by atoms with Gasteiger partial charge in [-0.05, 0) is 30.7 Å². The lowest BCUT2D eigenvalue weighted by Crippen LogP contribution is -2.33. The Labute approximate surface area is 109 Å². The van der Waals surface area contributed by atoms with Crippen LogP contribution in [0.15, 0.2) is 12.1 Å². The van der Waals surface area contributed by atoms with Crippen molar-refractivity contribution in [2.45, 2.75) is 41.0 Å². The normalized spacial score (nSPS) is 10.6. The molecule has 0 aromatic heterocycles. The lowest BCUT2D eigenvalue weighted by Gasteiger charge is -2.03. The summed E-state index contributed by atoms with van der Waals surface area (Å²) in [6.45, 7) is 12.9. The SMILES string of the molecule is C=c1c(C(C)=O)ccc(C(C)=O)/c1=C\CC.CC. The Morgan fingerprint density at radius 2 is 1.56 bits per heavy atom. The van der Waals surface area contributed by atoms with Gasteiger partial charge < -0.3 is 0 Å². The van der Waals surface area contributed by atoms with Gasteiger partial charge in [0.2, 0.25) is 0 Å². The Balaban J connectivity index is 0.00000137. The molecule has 0 unspecified atom stereocenters. The van der Waals surface area contributed by atoms with E-state index in [9.17, 15) is 9.59 Å². The minimum absolute atomic E-state index is 0.000276. The molecule has 0 amide bonds. The van der Waals surface area contributed by atoms with Crippen LogP contribution in [0, 0.1) is 0 Å². The first-order chi connectivity index (χ1) is 8.49. The Bertz CT molecular complexity index is 539. The molecule has 0 aliphatic heterocycles. The quantitative estimate of drug-likeness (QED) is 0.768. The lowest BCUT2D eigenvalue weighted by molar-refractivity contribution is 0.1000. The van der Waals surface area contributed by atoms with Gasteiger partial charge in [0, 0.05) is 11.1 Å². The summed E-state index contributed by atoms with van der Waals surface area (Å²) in [5.41, 5.74) is 1.22. The van der Waals surface area contributed by atoms with Gasteiger partial charge in [0.25, 0.3) is 0 Å². The molecule has 0 saturated carbocycles. The summed E-state index contributed by atoms with van der Waals surface area (Å²) in [5, 5.41) is 1.45. The van der Waals surface area contributed by atoms with Crippen molar-refractivity contribution in [1.29, 1.82) is 0 Å². The zero-order valence-corrected chi connectivity index (χ0v) is 12.0. The molecule has 0 N–H and O–H groups in total. The summed E-state index contributed by atoms with van der Waals surface area (Å²) >= 11 is 0. The van der Waals surface area contributed by atoms with Crippen molar-refractivity contribution in [3.8, 4) is 0 Å². The van der Waals surface area contributed by atoms with Gasteiger partial charge in [0.05, 0.1) is 0 Å². The van der Waals surface area contributed by atoms with E-state index in [1.165, 1.54) is 13.8 Å². The molecule has 0 aliphatic rings. The Kier molecular flexibility index (Phi) is 6.88. The molecule has 0 aliphatic carbocycles. The third-order valence-corrected chi connectivity index (χ3v) is 2.52. The second-order valence-corrected chi connectivity index (χ2v) is 3.78. The zero-order chi connectivity index (χ0) is 14.3. The van der Waals surface area contributed by atoms with E-state index >= 15 is 0 Å². The van der Waals surface area contributed by atoms with Crippen LogP contribution in [0.1, 0.15) is 61.8 Å². The van der Waals surface area contributed by atoms with Gasteiger partial charge >= 0.3 is 0 Å². The van der Waals surface area contributed by atoms with Gasteiger partial charge in [-0.3, -0.25) is 9.59 Å². The first kappa shape index (κ1) is 16.3. The number of rotatable bonds is 3. The molecule has 0 saturated heterocycles. The molecular weight excluding hydrogens is 224 g/mol. The third kappa shape index (κ3) is 3.66. The largest absolute Gasteiger partial charge is 0.294 e. The summed E-state index contributed by atoms with van der Waals surface area (Å²) in [6.07, 6.45) is 2.75. The second-order valence-electron chi connectivity index (χ2n) is 3.78. The van der Waals surface area contributed by atoms with Gasteiger partial charge in [-0.1, -0.05) is 45.6 Å². The van der Waals surface area contributed by atoms with E-state index in [1.54, 1.807) is 12.1 Å². The molecule has 98 valence electrons. The predicted molar refractivity (Wildman–Crippen MR) is 77.3 cm³/mol. The highest BCUT2D eigenvalue weighted by atomic mass is 16.1. The maximum Gasteiger partial charge on any atom is 0.160 e. The number of hydrogen-bond acceptors (Lipinski definition) is 2. The molecule has 0 atom stereocenters. The summed E-state index contributed by atoms with van der Waals surface area (Å²) in [6, 6.07) is 3.38. The van der Waals surface area contributed by atoms with Crippen LogP contribution in [0.5, 0.6) is 0 Å². The molecule has 0 bridgehead atoms. The van der Waals surface area contributed by atoms with E-state index in [4.69, 9.17) is 0 Å². The molecule has 1 aromatic carbocycles. The van der Waals surface area contributed by atoms with Crippen molar-refractivity contribution in [3.05, 3.63) is 33.7 Å². The van der Waals surface area contributed by atoms with Crippen molar-refractivity contribution in [1.82, 2.24) is 0 Å². The van der Waals surface area contributed by atoms with Crippen molar-refractivity contribution in [2.24, 2.45) is 0 Å². The van der Waals surface area contributed by atoms with Crippen molar-refractivity contribution < 1.29 is 9.59 Å². The van der Waals surface area contributed by atoms with Gasteiger partial charge in [0.15, 0.2) is 11.6 Å². The number of Topliss-reactive ketones (excluding diaryl/α,β-unsaturated/α-hetero) is 2. The smallest absolute Gasteiger partial charge is 0.160 e. The van der Waals surface area contributed by atoms with Crippen LogP contribution < -0.4 is 10.4 Å². The van der Waals surface area contributed by atoms with Crippen LogP contribution in [0.25, 0.3) is 12.7 Å². The highest BCUT2D eigenvalue weighted by Gasteiger charge is 2.07. The monoisotopic (exact) mass is 246 g/mol. The summed E-state index contributed by atoms with van der Waals surface area (Å²) in [7, 11) is 0. The maximum absolute atomic E-state index is 11.4. The van der Waals surface area contributed by atoms with Gasteiger partial charge in [-0.2, -0.15) is 0 Å². The molecule has 0 fully saturated rings. The fraction of sp³-hybridized carbons (Fsp3) is 0.375. The average molecular weight is 246 g/mol. The van der Waals surface area contributed by atoms with E-state index in [0.717, 1.165) is 11.6 Å². The predicted octanol–water partition coefficient (Wildman–Crippen LogP) is 2.72. The highest BCUT2D eigenvalue weighted by Crippen LogP contribution is 1.97. The van der Waals surface area contributed by atoms with E-state index in [1.807, 2.05) is 26.8 Å². The summed E-state index contributed by atoms with van der Waals surface area (Å²) < 4.78 is 0. The fourth-order valence-corrected chi connectivity index (χ4v) is 1.74. The van der Waals surface area contributed by atoms with Crippen LogP contribution in [0.4, 0.5) is 0 Å². The van der Waals surface area contributed by atoms with Crippen LogP contribution in [0.2, 0.25) is 0 Å². The fourth-order valence-electron chi connectivity index (χ4n) is 1.74. The third-order valence-electron chi connectivity index (χ3n) is 2.52. The summed E-state index contributed by atoms with van der Waals surface area (Å²) in [4.78, 5) is 22.8. The number of benzene rings is 1. The van der Waals surface area contributed by atoms with Gasteiger partial charge in [0.1, 0.15) is 0 Å². The maximum atomic E-state index is 11.4. The number of hydrogen-bond donors (Lipinski definition) is 0. The number of ketones is 2. The molecule has 0 radical (unpaired) electrons. The molecule has 1 aromatic rings. The molecular formula is C16H22O2. The van der Waals surface area contributed by atoms with Crippen LogP contribution in [0.3, 0.4) is 0 Å². The van der Waals surface area contributed by atoms with Crippen molar-refractivity contribution in [2.75, 3.05) is 0 Å². The zero-order valence-electron chi connectivity index (χ0n) is 12.0. The molecule has 0 heterocycles. The highest BCUT2D eigenvalue weighted by molar-refractivity contribution is 5.98. The Hall–Kier alpha value is -1.70. The standard InChI is InChI=1S/C14H16O2.C2H6/c1-5-6-13-9(2)12(10(3)15)7-8-14(13)11(4)16;1-2/h6-8H,2,5H2,1,3-4H3;1-2H3/b13-6-;. The molecule has 2 nitrogen and oxygen atoms in total. The van der Waals surface area contributed by atoms with Crippen molar-refractivity contribution in [3.63, 3.8) is 0 Å². The lowest BCUT2D eigenvalue weighted by atomic mass is 10.0. The van der Waals surface area contributed by atoms with Crippen LogP contribution in [-0.2, 0) is 0 Å². The van der Waals surface area contributed by atoms with Gasteiger partial charge in [-0.15, -0.1) is 0 Å². The van der Waals surface area contributed by atoms with E-state index in [2.05, 4.69) is 6.58 Å². The van der Waals surface area contributed by atoms with E-state index in [-0.39, 0.29) is 11.6 Å². The van der Waals surface area contributed by atoms with Crippen LogP contribution >= 0.6 is 0 Å². The number of carbonyl (C=O) groups excluding carboxylic acids is 2. The molecule has 2 heteroatoms. The minimum atomic E-state index is -0.0224. The van der Waals surface area contributed by atoms with E-state index in [0.29, 0.717) is 16.3 Å². The Morgan fingerprint density at radius 1 is 1.11 bits per heavy atom. The molecule has 0 spiro atoms. The first-order valence-electron chi connectivity index (χ1n) is 6.33. The molecule has 1 rings (SSSR count). The number of carbonyl (C=O) groups is 2. The second kappa shape index (κ2) is 7.59. The van der Waals surface area contributed by atoms with E-state index < -0.39 is 0 Å². The minimum Gasteiger partial charge on any atom is -0.294 e. The Morgan fingerprint density at radius 3 is 1.94 bits per heavy atom. The molecule has 18 heavy (non-hydrogen) atoms. The van der Waals surface area contributed by atoms with Crippen molar-refractivity contribution >= 4 is 24.2 Å². The topological polar surface area (TPSA) is 34.1 Å².